The number of rotatable bonds is 3. The van der Waals surface area contributed by atoms with E-state index in [1.165, 1.54) is 18.5 Å². The molecule has 100 valence electrons. The van der Waals surface area contributed by atoms with Crippen LogP contribution in [0.4, 0.5) is 18.9 Å². The van der Waals surface area contributed by atoms with Crippen LogP contribution in [0.3, 0.4) is 0 Å². The maximum atomic E-state index is 12.3. The molecule has 2 heterocycles. The van der Waals surface area contributed by atoms with Gasteiger partial charge < -0.3 is 5.73 Å². The molecule has 3 N–H and O–H groups in total. The first-order valence-corrected chi connectivity index (χ1v) is 5.01. The first-order chi connectivity index (χ1) is 8.86. The molecule has 0 fully saturated rings. The van der Waals surface area contributed by atoms with Crippen LogP contribution in [0.5, 0.6) is 0 Å². The predicted octanol–water partition coefficient (Wildman–Crippen LogP) is 1.27. The van der Waals surface area contributed by atoms with Crippen LogP contribution in [-0.2, 0) is 6.18 Å². The summed E-state index contributed by atoms with van der Waals surface area (Å²) in [5, 5.41) is 3.76. The van der Waals surface area contributed by atoms with Gasteiger partial charge in [0.1, 0.15) is 5.69 Å². The summed E-state index contributed by atoms with van der Waals surface area (Å²) in [6.07, 6.45) is -0.940. The number of alkyl halides is 3. The van der Waals surface area contributed by atoms with Crippen LogP contribution in [0.1, 0.15) is 16.1 Å². The number of halogens is 3. The third-order valence-corrected chi connectivity index (χ3v) is 2.16. The Labute approximate surface area is 105 Å². The van der Waals surface area contributed by atoms with Crippen LogP contribution in [0, 0.1) is 0 Å². The van der Waals surface area contributed by atoms with E-state index in [2.05, 4.69) is 15.5 Å². The van der Waals surface area contributed by atoms with Gasteiger partial charge in [0, 0.05) is 0 Å². The molecular formula is C10H8F3N5O. The number of pyridine rings is 1. The Morgan fingerprint density at radius 1 is 1.32 bits per heavy atom. The largest absolute Gasteiger partial charge is 0.433 e. The van der Waals surface area contributed by atoms with Crippen LogP contribution in [-0.4, -0.2) is 20.8 Å². The van der Waals surface area contributed by atoms with Gasteiger partial charge in [-0.05, 0) is 12.1 Å². The molecule has 1 amide bonds. The third kappa shape index (κ3) is 3.00. The molecule has 19 heavy (non-hydrogen) atoms. The number of aromatic nitrogens is 3. The second kappa shape index (κ2) is 4.59. The van der Waals surface area contributed by atoms with E-state index in [0.717, 1.165) is 17.1 Å². The summed E-state index contributed by atoms with van der Waals surface area (Å²) in [5.41, 5.74) is 7.12. The van der Waals surface area contributed by atoms with Crippen molar-refractivity contribution in [2.75, 3.05) is 5.43 Å². The van der Waals surface area contributed by atoms with Gasteiger partial charge >= 0.3 is 6.18 Å². The maximum Gasteiger partial charge on any atom is 0.433 e. The Morgan fingerprint density at radius 2 is 2.05 bits per heavy atom. The maximum absolute atomic E-state index is 12.3. The molecule has 2 rings (SSSR count). The van der Waals surface area contributed by atoms with Crippen LogP contribution in [0.2, 0.25) is 0 Å². The Kier molecular flexibility index (Phi) is 3.11. The Hall–Kier alpha value is -2.58. The molecular weight excluding hydrogens is 263 g/mol. The van der Waals surface area contributed by atoms with Crippen molar-refractivity contribution < 1.29 is 18.0 Å². The highest BCUT2D eigenvalue weighted by atomic mass is 19.4. The van der Waals surface area contributed by atoms with Gasteiger partial charge in [-0.3, -0.25) is 10.2 Å². The highest BCUT2D eigenvalue weighted by molar-refractivity contribution is 5.92. The molecule has 0 saturated heterocycles. The van der Waals surface area contributed by atoms with Crippen molar-refractivity contribution in [2.24, 2.45) is 5.73 Å². The van der Waals surface area contributed by atoms with Gasteiger partial charge in [-0.15, -0.1) is 0 Å². The Bertz CT molecular complexity index is 590. The number of hydrogen-bond acceptors (Lipinski definition) is 4. The van der Waals surface area contributed by atoms with Crippen molar-refractivity contribution in [2.45, 2.75) is 6.18 Å². The Morgan fingerprint density at radius 3 is 2.53 bits per heavy atom. The van der Waals surface area contributed by atoms with E-state index in [1.807, 2.05) is 0 Å². The van der Waals surface area contributed by atoms with Crippen molar-refractivity contribution in [1.29, 1.82) is 0 Å². The number of hydrogen-bond donors (Lipinski definition) is 2. The smallest absolute Gasteiger partial charge is 0.365 e. The number of nitrogens with one attached hydrogen (secondary N) is 1. The summed E-state index contributed by atoms with van der Waals surface area (Å²) in [7, 11) is 0. The molecule has 0 spiro atoms. The SMILES string of the molecule is NC(=O)c1cnn(Nc2ccc(C(F)(F)F)nc2)c1. The molecule has 0 radical (unpaired) electrons. The number of nitrogens with two attached hydrogens (primary N) is 1. The quantitative estimate of drug-likeness (QED) is 0.880. The van der Waals surface area contributed by atoms with E-state index >= 15 is 0 Å². The van der Waals surface area contributed by atoms with Crippen LogP contribution >= 0.6 is 0 Å². The fourth-order valence-electron chi connectivity index (χ4n) is 1.27. The minimum Gasteiger partial charge on any atom is -0.365 e. The predicted molar refractivity (Wildman–Crippen MR) is 59.0 cm³/mol. The standard InChI is InChI=1S/C10H8F3N5O/c11-10(12,13)8-2-1-7(4-15-8)17-18-5-6(3-16-18)9(14)19/h1-5,17H,(H2,14,19). The summed E-state index contributed by atoms with van der Waals surface area (Å²) in [4.78, 5) is 15.2. The van der Waals surface area contributed by atoms with Gasteiger partial charge in [-0.1, -0.05) is 0 Å². The summed E-state index contributed by atoms with van der Waals surface area (Å²) in [5.74, 6) is -0.654. The molecule has 0 atom stereocenters. The summed E-state index contributed by atoms with van der Waals surface area (Å²) < 4.78 is 36.9. The first-order valence-electron chi connectivity index (χ1n) is 5.01. The van der Waals surface area contributed by atoms with Gasteiger partial charge in [0.05, 0.1) is 29.8 Å². The molecule has 9 heteroatoms. The van der Waals surface area contributed by atoms with E-state index < -0.39 is 17.8 Å². The normalized spacial score (nSPS) is 11.3. The van der Waals surface area contributed by atoms with E-state index in [0.29, 0.717) is 0 Å². The zero-order valence-corrected chi connectivity index (χ0v) is 9.35. The minimum atomic E-state index is -4.48. The number of amides is 1. The van der Waals surface area contributed by atoms with Crippen molar-refractivity contribution in [3.05, 3.63) is 42.0 Å². The lowest BCUT2D eigenvalue weighted by molar-refractivity contribution is -0.141. The van der Waals surface area contributed by atoms with E-state index in [-0.39, 0.29) is 11.3 Å². The van der Waals surface area contributed by atoms with E-state index in [4.69, 9.17) is 5.73 Å². The lowest BCUT2D eigenvalue weighted by atomic mass is 10.3. The van der Waals surface area contributed by atoms with Crippen molar-refractivity contribution >= 4 is 11.6 Å². The highest BCUT2D eigenvalue weighted by Crippen LogP contribution is 2.27. The fraction of sp³-hybridized carbons (Fsp3) is 0.100. The lowest BCUT2D eigenvalue weighted by Gasteiger charge is -2.08. The number of anilines is 1. The van der Waals surface area contributed by atoms with Gasteiger partial charge in [-0.25, -0.2) is 4.98 Å². The monoisotopic (exact) mass is 271 g/mol. The van der Waals surface area contributed by atoms with E-state index in [1.54, 1.807) is 0 Å². The molecule has 0 unspecified atom stereocenters. The van der Waals surface area contributed by atoms with E-state index in [9.17, 15) is 18.0 Å². The second-order valence-corrected chi connectivity index (χ2v) is 3.58. The molecule has 6 nitrogen and oxygen atoms in total. The van der Waals surface area contributed by atoms with Crippen molar-refractivity contribution in [3.63, 3.8) is 0 Å². The molecule has 0 saturated carbocycles. The van der Waals surface area contributed by atoms with Crippen molar-refractivity contribution in [3.8, 4) is 0 Å². The molecule has 2 aromatic rings. The number of nitrogens with zero attached hydrogens (tertiary/aromatic N) is 3. The Balaban J connectivity index is 2.13. The number of primary amides is 1. The van der Waals surface area contributed by atoms with Crippen LogP contribution in [0.25, 0.3) is 0 Å². The third-order valence-electron chi connectivity index (χ3n) is 2.16. The molecule has 0 aliphatic rings. The zero-order valence-electron chi connectivity index (χ0n) is 9.35. The second-order valence-electron chi connectivity index (χ2n) is 3.58. The molecule has 0 aliphatic carbocycles. The summed E-state index contributed by atoms with van der Waals surface area (Å²) in [6.45, 7) is 0. The van der Waals surface area contributed by atoms with Crippen LogP contribution < -0.4 is 11.2 Å². The summed E-state index contributed by atoms with van der Waals surface area (Å²) in [6, 6.07) is 2.03. The topological polar surface area (TPSA) is 85.8 Å². The van der Waals surface area contributed by atoms with Gasteiger partial charge in [0.15, 0.2) is 0 Å². The van der Waals surface area contributed by atoms with Gasteiger partial charge in [0.2, 0.25) is 0 Å². The first kappa shape index (κ1) is 12.9. The number of carbonyl (C=O) groups is 1. The lowest BCUT2D eigenvalue weighted by Crippen LogP contribution is -2.13. The fourth-order valence-corrected chi connectivity index (χ4v) is 1.27. The molecule has 2 aromatic heterocycles. The zero-order chi connectivity index (χ0) is 14.0. The minimum absolute atomic E-state index is 0.173. The van der Waals surface area contributed by atoms with Crippen molar-refractivity contribution in [1.82, 2.24) is 14.9 Å². The summed E-state index contributed by atoms with van der Waals surface area (Å²) >= 11 is 0. The average molecular weight is 271 g/mol. The highest BCUT2D eigenvalue weighted by Gasteiger charge is 2.31. The van der Waals surface area contributed by atoms with Gasteiger partial charge in [0.25, 0.3) is 5.91 Å². The van der Waals surface area contributed by atoms with Crippen LogP contribution in [0.15, 0.2) is 30.7 Å². The molecule has 0 aliphatic heterocycles. The number of carbonyl (C=O) groups excluding carboxylic acids is 1. The average Bonchev–Trinajstić information content (AvgIpc) is 2.77. The van der Waals surface area contributed by atoms with Gasteiger partial charge in [-0.2, -0.15) is 23.1 Å². The molecule has 0 aromatic carbocycles. The molecule has 0 bridgehead atoms.